The minimum atomic E-state index is -4.51. The van der Waals surface area contributed by atoms with E-state index in [-0.39, 0.29) is 17.2 Å². The van der Waals surface area contributed by atoms with E-state index in [1.807, 2.05) is 19.1 Å². The fraction of sp³-hybridized carbons (Fsp3) is 0.172. The van der Waals surface area contributed by atoms with E-state index in [0.29, 0.717) is 28.3 Å². The molecule has 0 saturated carbocycles. The molecule has 200 valence electrons. The summed E-state index contributed by atoms with van der Waals surface area (Å²) in [5.41, 5.74) is 1.66. The number of aromatic nitrogens is 3. The molecule has 0 radical (unpaired) electrons. The number of rotatable bonds is 7. The lowest BCUT2D eigenvalue weighted by molar-refractivity contribution is -0.137. The summed E-state index contributed by atoms with van der Waals surface area (Å²) >= 11 is 0. The van der Waals surface area contributed by atoms with Gasteiger partial charge in [0.25, 0.3) is 5.56 Å². The molecule has 5 rings (SSSR count). The Balaban J connectivity index is 1.67. The molecule has 2 aromatic heterocycles. The number of carbonyl (C=O) groups excluding carboxylic acids is 1. The Morgan fingerprint density at radius 1 is 0.897 bits per heavy atom. The molecule has 0 aliphatic carbocycles. The molecule has 0 fully saturated rings. The number of fused-ring (bicyclic) bond motifs is 1. The number of Topliss-reactive ketones (excluding diaryl/α,β-unsaturated/α-hetero) is 1. The molecule has 0 spiro atoms. The summed E-state index contributed by atoms with van der Waals surface area (Å²) in [6, 6.07) is 17.6. The summed E-state index contributed by atoms with van der Waals surface area (Å²) in [6.07, 6.45) is -4.51. The number of methoxy groups -OCH3 is 2. The minimum Gasteiger partial charge on any atom is -0.497 e. The molecule has 5 aromatic rings. The number of nitrogens with one attached hydrogen (secondary N) is 2. The molecule has 0 aliphatic rings. The minimum absolute atomic E-state index is 0.201. The number of nitrogens with zero attached hydrogens (tertiary/aromatic N) is 1. The summed E-state index contributed by atoms with van der Waals surface area (Å²) in [5, 5.41) is 3.71. The van der Waals surface area contributed by atoms with Gasteiger partial charge in [0.15, 0.2) is 5.78 Å². The Morgan fingerprint density at radius 2 is 1.54 bits per heavy atom. The highest BCUT2D eigenvalue weighted by molar-refractivity contribution is 6.05. The van der Waals surface area contributed by atoms with Crippen LogP contribution in [0.15, 0.2) is 77.6 Å². The second kappa shape index (κ2) is 9.86. The maximum atomic E-state index is 14.1. The molecule has 1 atom stereocenters. The fourth-order valence-electron chi connectivity index (χ4n) is 4.73. The number of carbonyl (C=O) groups is 1. The number of aryl methyl sites for hydroxylation is 1. The first-order valence-corrected chi connectivity index (χ1v) is 11.9. The summed E-state index contributed by atoms with van der Waals surface area (Å²) in [6.45, 7) is 1.83. The Hall–Kier alpha value is -4.73. The van der Waals surface area contributed by atoms with Crippen molar-refractivity contribution in [1.29, 1.82) is 0 Å². The van der Waals surface area contributed by atoms with Gasteiger partial charge in [-0.2, -0.15) is 13.2 Å². The number of alkyl halides is 3. The predicted octanol–water partition coefficient (Wildman–Crippen LogP) is 6.01. The van der Waals surface area contributed by atoms with Crippen LogP contribution in [0.4, 0.5) is 13.2 Å². The molecule has 0 aliphatic heterocycles. The zero-order valence-electron chi connectivity index (χ0n) is 21.2. The van der Waals surface area contributed by atoms with Gasteiger partial charge in [0.2, 0.25) is 0 Å². The molecule has 2 N–H and O–H groups in total. The zero-order chi connectivity index (χ0) is 27.9. The highest BCUT2D eigenvalue weighted by Crippen LogP contribution is 2.37. The first kappa shape index (κ1) is 25.9. The smallest absolute Gasteiger partial charge is 0.416 e. The second-order valence-electron chi connectivity index (χ2n) is 9.03. The van der Waals surface area contributed by atoms with Crippen molar-refractivity contribution in [3.63, 3.8) is 0 Å². The molecular formula is C29H24F3N3O4. The molecule has 2 heterocycles. The van der Waals surface area contributed by atoms with Gasteiger partial charge < -0.3 is 14.5 Å². The molecule has 10 heteroatoms. The van der Waals surface area contributed by atoms with E-state index in [2.05, 4.69) is 10.1 Å². The predicted molar refractivity (Wildman–Crippen MR) is 140 cm³/mol. The maximum Gasteiger partial charge on any atom is 0.416 e. The number of halogens is 3. The molecule has 0 bridgehead atoms. The van der Waals surface area contributed by atoms with Gasteiger partial charge in [-0.1, -0.05) is 0 Å². The van der Waals surface area contributed by atoms with Crippen LogP contribution in [0.2, 0.25) is 0 Å². The van der Waals surface area contributed by atoms with Crippen molar-refractivity contribution in [1.82, 2.24) is 14.8 Å². The number of hydrogen-bond donors (Lipinski definition) is 2. The molecule has 0 saturated heterocycles. The number of aromatic amines is 2. The molecule has 1 unspecified atom stereocenters. The Bertz CT molecular complexity index is 1710. The Labute approximate surface area is 220 Å². The third-order valence-electron chi connectivity index (χ3n) is 6.67. The third kappa shape index (κ3) is 4.81. The van der Waals surface area contributed by atoms with E-state index in [0.717, 1.165) is 27.7 Å². The van der Waals surface area contributed by atoms with E-state index in [4.69, 9.17) is 9.47 Å². The van der Waals surface area contributed by atoms with Gasteiger partial charge >= 0.3 is 6.18 Å². The maximum absolute atomic E-state index is 14.1. The summed E-state index contributed by atoms with van der Waals surface area (Å²) < 4.78 is 50.9. The van der Waals surface area contributed by atoms with Crippen LogP contribution in [0.1, 0.15) is 38.8 Å². The highest BCUT2D eigenvalue weighted by atomic mass is 19.4. The van der Waals surface area contributed by atoms with Gasteiger partial charge in [0.1, 0.15) is 11.5 Å². The van der Waals surface area contributed by atoms with Crippen molar-refractivity contribution in [3.05, 3.63) is 111 Å². The molecule has 7 nitrogen and oxygen atoms in total. The van der Waals surface area contributed by atoms with Crippen molar-refractivity contribution < 1.29 is 27.4 Å². The largest absolute Gasteiger partial charge is 0.497 e. The van der Waals surface area contributed by atoms with E-state index in [1.54, 1.807) is 37.4 Å². The van der Waals surface area contributed by atoms with Crippen molar-refractivity contribution in [2.45, 2.75) is 19.0 Å². The van der Waals surface area contributed by atoms with Gasteiger partial charge in [-0.3, -0.25) is 14.7 Å². The lowest BCUT2D eigenvalue weighted by Crippen LogP contribution is -2.16. The summed E-state index contributed by atoms with van der Waals surface area (Å²) in [7, 11) is 3.07. The van der Waals surface area contributed by atoms with E-state index in [1.165, 1.54) is 25.3 Å². The molecule has 39 heavy (non-hydrogen) atoms. The van der Waals surface area contributed by atoms with Gasteiger partial charge in [-0.15, -0.1) is 0 Å². The van der Waals surface area contributed by atoms with Gasteiger partial charge in [-0.05, 0) is 79.2 Å². The van der Waals surface area contributed by atoms with Crippen LogP contribution < -0.4 is 15.0 Å². The first-order chi connectivity index (χ1) is 18.6. The molecule has 3 aromatic carbocycles. The van der Waals surface area contributed by atoms with Gasteiger partial charge in [0, 0.05) is 28.2 Å². The standard InChI is InChI=1S/C29H24F3N3O4/c1-16-26(22-14-21(39-3)12-13-23(22)33-16)27(28(37)17-4-10-20(38-2)11-5-17)24-15-25(36)35(34-24)19-8-6-18(7-9-19)29(30,31)32/h4-15,27,33-34H,1-3H3. The van der Waals surface area contributed by atoms with Gasteiger partial charge in [0.05, 0.1) is 37.1 Å². The van der Waals surface area contributed by atoms with Crippen LogP contribution in [0, 0.1) is 6.92 Å². The van der Waals surface area contributed by atoms with Crippen LogP contribution >= 0.6 is 0 Å². The van der Waals surface area contributed by atoms with Crippen LogP contribution in [0.3, 0.4) is 0 Å². The van der Waals surface area contributed by atoms with Crippen LogP contribution in [-0.2, 0) is 6.18 Å². The average Bonchev–Trinajstić information content (AvgIpc) is 3.47. The second-order valence-corrected chi connectivity index (χ2v) is 9.03. The Kier molecular flexibility index (Phi) is 6.55. The lowest BCUT2D eigenvalue weighted by Gasteiger charge is -2.17. The van der Waals surface area contributed by atoms with Crippen molar-refractivity contribution in [2.75, 3.05) is 14.2 Å². The van der Waals surface area contributed by atoms with Crippen LogP contribution in [-0.4, -0.2) is 34.8 Å². The van der Waals surface area contributed by atoms with E-state index < -0.39 is 23.2 Å². The van der Waals surface area contributed by atoms with Crippen LogP contribution in [0.5, 0.6) is 11.5 Å². The summed E-state index contributed by atoms with van der Waals surface area (Å²) in [4.78, 5) is 30.4. The number of ether oxygens (including phenoxy) is 2. The zero-order valence-corrected chi connectivity index (χ0v) is 21.2. The van der Waals surface area contributed by atoms with Gasteiger partial charge in [-0.25, -0.2) is 4.68 Å². The highest BCUT2D eigenvalue weighted by Gasteiger charge is 2.32. The topological polar surface area (TPSA) is 89.1 Å². The third-order valence-corrected chi connectivity index (χ3v) is 6.67. The molecule has 0 amide bonds. The normalized spacial score (nSPS) is 12.5. The van der Waals surface area contributed by atoms with E-state index >= 15 is 0 Å². The number of hydrogen-bond acceptors (Lipinski definition) is 4. The van der Waals surface area contributed by atoms with Crippen LogP contribution in [0.25, 0.3) is 16.6 Å². The first-order valence-electron chi connectivity index (χ1n) is 11.9. The van der Waals surface area contributed by atoms with E-state index in [9.17, 15) is 22.8 Å². The number of ketones is 1. The summed E-state index contributed by atoms with van der Waals surface area (Å²) in [5.74, 6) is -0.0554. The van der Waals surface area contributed by atoms with Crippen molar-refractivity contribution in [3.8, 4) is 17.2 Å². The Morgan fingerprint density at radius 3 is 2.15 bits per heavy atom. The average molecular weight is 536 g/mol. The SMILES string of the molecule is COc1ccc(C(=O)C(c2cc(=O)n(-c3ccc(C(F)(F)F)cc3)[nH]2)c2c(C)[nH]c3ccc(OC)cc23)cc1. The van der Waals surface area contributed by atoms with Crippen molar-refractivity contribution in [2.24, 2.45) is 0 Å². The fourth-order valence-corrected chi connectivity index (χ4v) is 4.73. The molecular weight excluding hydrogens is 511 g/mol. The number of H-pyrrole nitrogens is 2. The van der Waals surface area contributed by atoms with Crippen molar-refractivity contribution >= 4 is 16.7 Å². The lowest BCUT2D eigenvalue weighted by atomic mass is 9.86. The quantitative estimate of drug-likeness (QED) is 0.250. The monoisotopic (exact) mass is 535 g/mol. The number of benzene rings is 3.